The second-order valence-corrected chi connectivity index (χ2v) is 6.85. The molecular formula is C16H25NO3S. The van der Waals surface area contributed by atoms with Crippen molar-refractivity contribution in [2.75, 3.05) is 13.2 Å². The van der Waals surface area contributed by atoms with Gasteiger partial charge >= 0.3 is 5.97 Å². The summed E-state index contributed by atoms with van der Waals surface area (Å²) in [5.41, 5.74) is 0. The largest absolute Gasteiger partial charge is 0.481 e. The van der Waals surface area contributed by atoms with Crippen LogP contribution in [0.2, 0.25) is 0 Å². The third-order valence-electron chi connectivity index (χ3n) is 3.75. The van der Waals surface area contributed by atoms with Gasteiger partial charge in [0.2, 0.25) is 0 Å². The molecule has 118 valence electrons. The first-order valence-electron chi connectivity index (χ1n) is 7.86. The quantitative estimate of drug-likeness (QED) is 0.688. The van der Waals surface area contributed by atoms with Crippen LogP contribution >= 0.6 is 11.3 Å². The fourth-order valence-electron chi connectivity index (χ4n) is 2.65. The van der Waals surface area contributed by atoms with Crippen LogP contribution in [0.1, 0.15) is 48.3 Å². The lowest BCUT2D eigenvalue weighted by Crippen LogP contribution is -2.20. The van der Waals surface area contributed by atoms with Crippen molar-refractivity contribution in [2.24, 2.45) is 0 Å². The number of carbonyl (C=O) groups is 1. The zero-order valence-electron chi connectivity index (χ0n) is 12.5. The minimum atomic E-state index is -0.767. The topological polar surface area (TPSA) is 58.6 Å². The number of hydrogen-bond acceptors (Lipinski definition) is 4. The highest BCUT2D eigenvalue weighted by atomic mass is 32.1. The van der Waals surface area contributed by atoms with E-state index in [4.69, 9.17) is 9.84 Å². The van der Waals surface area contributed by atoms with Crippen LogP contribution < -0.4 is 5.32 Å². The molecule has 1 aromatic heterocycles. The van der Waals surface area contributed by atoms with Gasteiger partial charge in [0, 0.05) is 22.9 Å². The second-order valence-electron chi connectivity index (χ2n) is 5.60. The fourth-order valence-corrected chi connectivity index (χ4v) is 3.63. The summed E-state index contributed by atoms with van der Waals surface area (Å²) in [5, 5.41) is 12.1. The van der Waals surface area contributed by atoms with E-state index in [0.717, 1.165) is 31.0 Å². The SMILES string of the molecule is O=C(O)Cc1ccc(CNCCCOC2CCCCC2)s1. The van der Waals surface area contributed by atoms with Gasteiger partial charge < -0.3 is 15.2 Å². The molecule has 0 bridgehead atoms. The number of nitrogens with one attached hydrogen (secondary N) is 1. The Labute approximate surface area is 130 Å². The van der Waals surface area contributed by atoms with Crippen LogP contribution in [-0.2, 0) is 22.5 Å². The molecule has 0 spiro atoms. The molecule has 5 heteroatoms. The summed E-state index contributed by atoms with van der Waals surface area (Å²) in [5.74, 6) is -0.767. The van der Waals surface area contributed by atoms with E-state index in [1.165, 1.54) is 37.0 Å². The minimum Gasteiger partial charge on any atom is -0.481 e. The van der Waals surface area contributed by atoms with Gasteiger partial charge in [-0.05, 0) is 37.9 Å². The molecule has 1 fully saturated rings. The van der Waals surface area contributed by atoms with Crippen LogP contribution in [0, 0.1) is 0 Å². The van der Waals surface area contributed by atoms with Crippen LogP contribution in [0.4, 0.5) is 0 Å². The van der Waals surface area contributed by atoms with Crippen molar-refractivity contribution in [2.45, 2.75) is 57.6 Å². The molecule has 21 heavy (non-hydrogen) atoms. The van der Waals surface area contributed by atoms with E-state index in [0.29, 0.717) is 6.10 Å². The van der Waals surface area contributed by atoms with Gasteiger partial charge in [-0.15, -0.1) is 11.3 Å². The molecular weight excluding hydrogens is 286 g/mol. The number of thiophene rings is 1. The maximum Gasteiger partial charge on any atom is 0.308 e. The van der Waals surface area contributed by atoms with E-state index in [9.17, 15) is 4.79 Å². The van der Waals surface area contributed by atoms with Crippen LogP contribution in [-0.4, -0.2) is 30.3 Å². The van der Waals surface area contributed by atoms with Gasteiger partial charge in [-0.1, -0.05) is 19.3 Å². The third kappa shape index (κ3) is 6.59. The molecule has 2 rings (SSSR count). The van der Waals surface area contributed by atoms with E-state index < -0.39 is 5.97 Å². The van der Waals surface area contributed by atoms with Crippen molar-refractivity contribution in [3.05, 3.63) is 21.9 Å². The summed E-state index contributed by atoms with van der Waals surface area (Å²) >= 11 is 1.57. The van der Waals surface area contributed by atoms with Gasteiger partial charge in [0.1, 0.15) is 0 Å². The molecule has 0 atom stereocenters. The molecule has 1 heterocycles. The smallest absolute Gasteiger partial charge is 0.308 e. The molecule has 0 radical (unpaired) electrons. The summed E-state index contributed by atoms with van der Waals surface area (Å²) in [7, 11) is 0. The number of rotatable bonds is 9. The van der Waals surface area contributed by atoms with E-state index in [1.54, 1.807) is 11.3 Å². The first-order valence-corrected chi connectivity index (χ1v) is 8.67. The van der Waals surface area contributed by atoms with E-state index in [-0.39, 0.29) is 6.42 Å². The number of aliphatic carboxylic acids is 1. The van der Waals surface area contributed by atoms with Gasteiger partial charge in [-0.25, -0.2) is 0 Å². The highest BCUT2D eigenvalue weighted by Crippen LogP contribution is 2.20. The molecule has 0 unspecified atom stereocenters. The Kier molecular flexibility index (Phi) is 7.19. The van der Waals surface area contributed by atoms with Crippen molar-refractivity contribution >= 4 is 17.3 Å². The van der Waals surface area contributed by atoms with Crippen molar-refractivity contribution in [3.63, 3.8) is 0 Å². The lowest BCUT2D eigenvalue weighted by molar-refractivity contribution is -0.136. The first kappa shape index (κ1) is 16.5. The molecule has 0 amide bonds. The summed E-state index contributed by atoms with van der Waals surface area (Å²) in [6.45, 7) is 2.60. The maximum atomic E-state index is 10.6. The molecule has 4 nitrogen and oxygen atoms in total. The van der Waals surface area contributed by atoms with Gasteiger partial charge in [0.25, 0.3) is 0 Å². The van der Waals surface area contributed by atoms with E-state index in [2.05, 4.69) is 5.32 Å². The zero-order valence-corrected chi connectivity index (χ0v) is 13.3. The summed E-state index contributed by atoms with van der Waals surface area (Å²) in [6.07, 6.45) is 8.12. The number of hydrogen-bond donors (Lipinski definition) is 2. The predicted octanol–water partition coefficient (Wildman–Crippen LogP) is 3.20. The molecule has 1 aliphatic carbocycles. The Morgan fingerprint density at radius 3 is 2.81 bits per heavy atom. The maximum absolute atomic E-state index is 10.6. The van der Waals surface area contributed by atoms with Crippen molar-refractivity contribution in [1.29, 1.82) is 0 Å². The number of carboxylic acids is 1. The lowest BCUT2D eigenvalue weighted by atomic mass is 9.98. The minimum absolute atomic E-state index is 0.125. The van der Waals surface area contributed by atoms with Gasteiger partial charge in [0.15, 0.2) is 0 Å². The lowest BCUT2D eigenvalue weighted by Gasteiger charge is -2.21. The van der Waals surface area contributed by atoms with Gasteiger partial charge in [0.05, 0.1) is 12.5 Å². The molecule has 1 aromatic rings. The zero-order chi connectivity index (χ0) is 14.9. The Hall–Kier alpha value is -0.910. The predicted molar refractivity (Wildman–Crippen MR) is 84.8 cm³/mol. The van der Waals surface area contributed by atoms with Crippen LogP contribution in [0.15, 0.2) is 12.1 Å². The van der Waals surface area contributed by atoms with E-state index >= 15 is 0 Å². The van der Waals surface area contributed by atoms with Crippen molar-refractivity contribution < 1.29 is 14.6 Å². The fraction of sp³-hybridized carbons (Fsp3) is 0.688. The molecule has 0 saturated heterocycles. The third-order valence-corrected chi connectivity index (χ3v) is 4.83. The molecule has 1 saturated carbocycles. The Morgan fingerprint density at radius 1 is 1.29 bits per heavy atom. The normalized spacial score (nSPS) is 16.2. The van der Waals surface area contributed by atoms with Crippen LogP contribution in [0.3, 0.4) is 0 Å². The standard InChI is InChI=1S/C16H25NO3S/c18-16(19)11-14-7-8-15(21-14)12-17-9-4-10-20-13-5-2-1-3-6-13/h7-8,13,17H,1-6,9-12H2,(H,18,19). The van der Waals surface area contributed by atoms with Gasteiger partial charge in [-0.2, -0.15) is 0 Å². The van der Waals surface area contributed by atoms with Crippen LogP contribution in [0.25, 0.3) is 0 Å². The molecule has 2 N–H and O–H groups in total. The average Bonchev–Trinajstić information content (AvgIpc) is 2.90. The van der Waals surface area contributed by atoms with Crippen molar-refractivity contribution in [3.8, 4) is 0 Å². The van der Waals surface area contributed by atoms with Crippen molar-refractivity contribution in [1.82, 2.24) is 5.32 Å². The van der Waals surface area contributed by atoms with E-state index in [1.807, 2.05) is 12.1 Å². The summed E-state index contributed by atoms with van der Waals surface area (Å²) in [6, 6.07) is 3.91. The average molecular weight is 311 g/mol. The summed E-state index contributed by atoms with van der Waals surface area (Å²) < 4.78 is 5.88. The Balaban J connectivity index is 1.51. The first-order chi connectivity index (χ1) is 10.2. The second kappa shape index (κ2) is 9.18. The number of carboxylic acid groups (broad SMARTS) is 1. The molecule has 1 aliphatic rings. The van der Waals surface area contributed by atoms with Crippen LogP contribution in [0.5, 0.6) is 0 Å². The highest BCUT2D eigenvalue weighted by molar-refractivity contribution is 7.12. The monoisotopic (exact) mass is 311 g/mol. The Morgan fingerprint density at radius 2 is 2.05 bits per heavy atom. The highest BCUT2D eigenvalue weighted by Gasteiger charge is 2.12. The number of ether oxygens (including phenoxy) is 1. The Bertz CT molecular complexity index is 427. The molecule has 0 aliphatic heterocycles. The van der Waals surface area contributed by atoms with Gasteiger partial charge in [-0.3, -0.25) is 4.79 Å². The summed E-state index contributed by atoms with van der Waals surface area (Å²) in [4.78, 5) is 12.7. The molecule has 0 aromatic carbocycles.